The van der Waals surface area contributed by atoms with Crippen molar-refractivity contribution >= 4 is 0 Å². The molecular weight excluding hydrogens is 699 g/mol. The second-order valence-corrected chi connectivity index (χ2v) is 17.9. The summed E-state index contributed by atoms with van der Waals surface area (Å²) in [5.41, 5.74) is 0. The van der Waals surface area contributed by atoms with Crippen molar-refractivity contribution in [2.45, 2.75) is 251 Å². The summed E-state index contributed by atoms with van der Waals surface area (Å²) >= 11 is 0. The molecule has 3 N–H and O–H groups in total. The van der Waals surface area contributed by atoms with Crippen molar-refractivity contribution in [3.05, 3.63) is 0 Å². The number of likely N-dealkylation sites (N-methyl/N-ethyl adjacent to an activating group) is 1. The molecule has 0 saturated heterocycles. The normalized spacial score (nSPS) is 14.6. The van der Waals surface area contributed by atoms with Gasteiger partial charge in [-0.3, -0.25) is 0 Å². The Morgan fingerprint density at radius 3 is 0.732 bits per heavy atom. The maximum atomic E-state index is 10.5. The number of hydrogen-bond acceptors (Lipinski definition) is 6. The van der Waals surface area contributed by atoms with Crippen molar-refractivity contribution < 1.29 is 34.0 Å². The maximum absolute atomic E-state index is 10.5. The van der Waals surface area contributed by atoms with Crippen LogP contribution in [0.5, 0.6) is 0 Å². The number of nitrogens with zero attached hydrogens (tertiary/aromatic N) is 1. The lowest BCUT2D eigenvalue weighted by atomic mass is 10.0. The van der Waals surface area contributed by atoms with E-state index in [0.717, 1.165) is 62.6 Å². The summed E-state index contributed by atoms with van der Waals surface area (Å²) in [6.45, 7) is 12.1. The standard InChI is InChI=1S/C49H102NO6/c1-5-8-11-14-17-20-23-26-29-32-35-47(51)44-54-41-38-50(4,39-42-55-45-48(52)36-33-30-27-24-21-18-15-12-9-6-2)40-43-56-46-49(53)37-34-31-28-25-22-19-16-13-10-7-3/h47-49,51-53H,5-46H2,1-4H3/q+1. The number of quaternary nitrogens is 1. The van der Waals surface area contributed by atoms with Crippen LogP contribution in [0.2, 0.25) is 0 Å². The van der Waals surface area contributed by atoms with Gasteiger partial charge in [0, 0.05) is 0 Å². The predicted molar refractivity (Wildman–Crippen MR) is 241 cm³/mol. The Labute approximate surface area is 350 Å². The lowest BCUT2D eigenvalue weighted by molar-refractivity contribution is -0.910. The zero-order chi connectivity index (χ0) is 41.1. The Morgan fingerprint density at radius 1 is 0.321 bits per heavy atom. The molecule has 3 atom stereocenters. The van der Waals surface area contributed by atoms with E-state index in [1.165, 1.54) is 173 Å². The molecule has 0 saturated carbocycles. The Balaban J connectivity index is 4.38. The van der Waals surface area contributed by atoms with Crippen LogP contribution in [-0.2, 0) is 14.2 Å². The van der Waals surface area contributed by atoms with Crippen LogP contribution in [-0.4, -0.2) is 104 Å². The average molecular weight is 801 g/mol. The number of hydrogen-bond donors (Lipinski definition) is 3. The molecule has 0 aliphatic heterocycles. The minimum Gasteiger partial charge on any atom is -0.391 e. The van der Waals surface area contributed by atoms with Gasteiger partial charge in [0.15, 0.2) is 0 Å². The van der Waals surface area contributed by atoms with E-state index in [0.29, 0.717) is 39.6 Å². The summed E-state index contributed by atoms with van der Waals surface area (Å²) in [5.74, 6) is 0. The molecule has 0 aromatic carbocycles. The highest BCUT2D eigenvalue weighted by Crippen LogP contribution is 2.15. The SMILES string of the molecule is CCCCCCCCCCCCC(O)COCC[N+](C)(CCOCC(O)CCCCCCCCCCCC)CCOCC(O)CCCCCCCCCCCC. The minimum atomic E-state index is -0.399. The third-order valence-corrected chi connectivity index (χ3v) is 11.9. The van der Waals surface area contributed by atoms with E-state index in [4.69, 9.17) is 14.2 Å². The highest BCUT2D eigenvalue weighted by Gasteiger charge is 2.22. The number of unbranched alkanes of at least 4 members (excludes halogenated alkanes) is 27. The molecular formula is C49H102NO6+. The van der Waals surface area contributed by atoms with E-state index in [1.54, 1.807) is 0 Å². The van der Waals surface area contributed by atoms with Crippen molar-refractivity contribution in [2.24, 2.45) is 0 Å². The highest BCUT2D eigenvalue weighted by molar-refractivity contribution is 4.59. The lowest BCUT2D eigenvalue weighted by Crippen LogP contribution is -2.51. The summed E-state index contributed by atoms with van der Waals surface area (Å²) in [5, 5.41) is 31.6. The van der Waals surface area contributed by atoms with Crippen LogP contribution in [0.3, 0.4) is 0 Å². The second kappa shape index (κ2) is 44.3. The quantitative estimate of drug-likeness (QED) is 0.0420. The van der Waals surface area contributed by atoms with E-state index in [1.807, 2.05) is 0 Å². The van der Waals surface area contributed by atoms with Crippen molar-refractivity contribution in [3.8, 4) is 0 Å². The average Bonchev–Trinajstić information content (AvgIpc) is 3.19. The molecule has 0 fully saturated rings. The number of aliphatic hydroxyl groups is 3. The largest absolute Gasteiger partial charge is 0.391 e. The van der Waals surface area contributed by atoms with Gasteiger partial charge in [0.2, 0.25) is 0 Å². The van der Waals surface area contributed by atoms with Crippen molar-refractivity contribution in [2.75, 3.05) is 66.3 Å². The molecule has 7 nitrogen and oxygen atoms in total. The molecule has 56 heavy (non-hydrogen) atoms. The predicted octanol–water partition coefficient (Wildman–Crippen LogP) is 12.5. The van der Waals surface area contributed by atoms with E-state index >= 15 is 0 Å². The topological polar surface area (TPSA) is 88.4 Å². The van der Waals surface area contributed by atoms with E-state index in [-0.39, 0.29) is 0 Å². The van der Waals surface area contributed by atoms with Crippen LogP contribution < -0.4 is 0 Å². The molecule has 0 spiro atoms. The lowest BCUT2D eigenvalue weighted by Gasteiger charge is -2.34. The Kier molecular flexibility index (Phi) is 44.1. The van der Waals surface area contributed by atoms with Crippen LogP contribution in [0.25, 0.3) is 0 Å². The molecule has 3 unspecified atom stereocenters. The van der Waals surface area contributed by atoms with Crippen molar-refractivity contribution in [3.63, 3.8) is 0 Å². The van der Waals surface area contributed by atoms with Gasteiger partial charge in [-0.25, -0.2) is 0 Å². The molecule has 0 aliphatic rings. The Bertz CT molecular complexity index is 648. The van der Waals surface area contributed by atoms with E-state index < -0.39 is 18.3 Å². The highest BCUT2D eigenvalue weighted by atomic mass is 16.5. The first-order valence-corrected chi connectivity index (χ1v) is 25.0. The molecule has 0 radical (unpaired) electrons. The number of ether oxygens (including phenoxy) is 3. The Morgan fingerprint density at radius 2 is 0.518 bits per heavy atom. The zero-order valence-electron chi connectivity index (χ0n) is 38.4. The number of rotatable bonds is 48. The molecule has 0 amide bonds. The first kappa shape index (κ1) is 55.7. The Hall–Kier alpha value is -0.280. The van der Waals surface area contributed by atoms with Gasteiger partial charge >= 0.3 is 0 Å². The van der Waals surface area contributed by atoms with Gasteiger partial charge in [-0.2, -0.15) is 0 Å². The molecule has 0 rings (SSSR count). The number of aliphatic hydroxyl groups excluding tert-OH is 3. The van der Waals surface area contributed by atoms with Gasteiger partial charge in [-0.05, 0) is 19.3 Å². The fourth-order valence-electron chi connectivity index (χ4n) is 7.70. The van der Waals surface area contributed by atoms with Gasteiger partial charge in [-0.15, -0.1) is 0 Å². The summed E-state index contributed by atoms with van der Waals surface area (Å²) in [7, 11) is 2.22. The molecule has 0 bridgehead atoms. The van der Waals surface area contributed by atoms with Gasteiger partial charge in [0.25, 0.3) is 0 Å². The molecule has 0 aromatic rings. The summed E-state index contributed by atoms with van der Waals surface area (Å²) in [6.07, 6.45) is 40.3. The maximum Gasteiger partial charge on any atom is 0.102 e. The third kappa shape index (κ3) is 41.9. The van der Waals surface area contributed by atoms with Crippen LogP contribution >= 0.6 is 0 Å². The van der Waals surface area contributed by atoms with Crippen LogP contribution in [0.1, 0.15) is 233 Å². The fourth-order valence-corrected chi connectivity index (χ4v) is 7.70. The summed E-state index contributed by atoms with van der Waals surface area (Å²) in [6, 6.07) is 0. The first-order valence-electron chi connectivity index (χ1n) is 25.0. The van der Waals surface area contributed by atoms with Gasteiger partial charge in [0.05, 0.1) is 65.0 Å². The van der Waals surface area contributed by atoms with E-state index in [2.05, 4.69) is 27.8 Å². The monoisotopic (exact) mass is 801 g/mol. The van der Waals surface area contributed by atoms with Gasteiger partial charge in [0.1, 0.15) is 19.6 Å². The molecule has 338 valence electrons. The molecule has 0 heterocycles. The zero-order valence-corrected chi connectivity index (χ0v) is 38.4. The fraction of sp³-hybridized carbons (Fsp3) is 1.00. The minimum absolute atomic E-state index is 0.390. The van der Waals surface area contributed by atoms with Crippen molar-refractivity contribution in [1.29, 1.82) is 0 Å². The van der Waals surface area contributed by atoms with Crippen LogP contribution in [0.15, 0.2) is 0 Å². The van der Waals surface area contributed by atoms with Crippen LogP contribution in [0, 0.1) is 0 Å². The third-order valence-electron chi connectivity index (χ3n) is 11.9. The van der Waals surface area contributed by atoms with Crippen LogP contribution in [0.4, 0.5) is 0 Å². The van der Waals surface area contributed by atoms with Gasteiger partial charge in [-0.1, -0.05) is 213 Å². The second-order valence-electron chi connectivity index (χ2n) is 17.9. The van der Waals surface area contributed by atoms with Crippen molar-refractivity contribution in [1.82, 2.24) is 0 Å². The molecule has 0 aromatic heterocycles. The molecule has 0 aliphatic carbocycles. The molecule has 7 heteroatoms. The van der Waals surface area contributed by atoms with Gasteiger partial charge < -0.3 is 34.0 Å². The van der Waals surface area contributed by atoms with E-state index in [9.17, 15) is 15.3 Å². The smallest absolute Gasteiger partial charge is 0.102 e. The summed E-state index contributed by atoms with van der Waals surface area (Å²) < 4.78 is 18.7. The first-order chi connectivity index (χ1) is 27.4. The summed E-state index contributed by atoms with van der Waals surface area (Å²) in [4.78, 5) is 0.